The summed E-state index contributed by atoms with van der Waals surface area (Å²) in [4.78, 5) is 57.3. The van der Waals surface area contributed by atoms with E-state index in [1.807, 2.05) is 57.5 Å². The number of nitrogens with zero attached hydrogens (tertiary/aromatic N) is 2. The molecule has 3 atom stereocenters. The molecule has 0 radical (unpaired) electrons. The fraction of sp³-hybridized carbons (Fsp3) is 0.717. The van der Waals surface area contributed by atoms with Gasteiger partial charge in [-0.15, -0.1) is 11.3 Å². The Bertz CT molecular complexity index is 1660. The molecule has 67 heavy (non-hydrogen) atoms. The summed E-state index contributed by atoms with van der Waals surface area (Å²) in [6.45, 7) is 15.0. The Kier molecular flexibility index (Phi) is 29.7. The van der Waals surface area contributed by atoms with Crippen molar-refractivity contribution in [1.29, 1.82) is 0 Å². The first-order valence-corrected chi connectivity index (χ1v) is 23.8. The number of hydrogen-bond acceptors (Lipinski definition) is 17. The molecule has 1 aliphatic heterocycles. The maximum Gasteiger partial charge on any atom is 0.303 e. The monoisotopic (exact) mass is 970 g/mol. The van der Waals surface area contributed by atoms with Gasteiger partial charge >= 0.3 is 5.97 Å². The maximum absolute atomic E-state index is 13.9. The van der Waals surface area contributed by atoms with Crippen LogP contribution in [-0.2, 0) is 73.1 Å². The molecule has 1 fully saturated rings. The van der Waals surface area contributed by atoms with Crippen LogP contribution in [0, 0.1) is 12.3 Å². The SMILES string of the molecule is Cc1ncsc1-c1ccc(CNC(=O)C2CC(O)CN2C(=O)C(NC(=O)COCCOCCOCCOCCOCCOCCOCCOCCOCCOCCCC(=O)O)C(C)(C)C)cc1. The van der Waals surface area contributed by atoms with Crippen LogP contribution in [0.25, 0.3) is 10.4 Å². The number of carbonyl (C=O) groups is 4. The number of aryl methyl sites for hydroxylation is 1. The molecule has 0 aliphatic carbocycles. The Morgan fingerprint density at radius 1 is 0.716 bits per heavy atom. The zero-order chi connectivity index (χ0) is 48.5. The highest BCUT2D eigenvalue weighted by Gasteiger charge is 2.44. The van der Waals surface area contributed by atoms with Crippen LogP contribution in [0.3, 0.4) is 0 Å². The van der Waals surface area contributed by atoms with Crippen LogP contribution >= 0.6 is 11.3 Å². The molecule has 0 saturated carbocycles. The molecule has 1 aromatic heterocycles. The van der Waals surface area contributed by atoms with Gasteiger partial charge in [0.2, 0.25) is 17.7 Å². The number of hydrogen-bond donors (Lipinski definition) is 4. The van der Waals surface area contributed by atoms with Crippen LogP contribution in [-0.4, -0.2) is 201 Å². The molecule has 0 bridgehead atoms. The molecule has 0 spiro atoms. The summed E-state index contributed by atoms with van der Waals surface area (Å²) in [7, 11) is 0. The van der Waals surface area contributed by atoms with Gasteiger partial charge in [0.15, 0.2) is 0 Å². The van der Waals surface area contributed by atoms with E-state index in [1.165, 1.54) is 4.90 Å². The first-order chi connectivity index (χ1) is 32.4. The van der Waals surface area contributed by atoms with Crippen molar-refractivity contribution >= 4 is 35.0 Å². The first kappa shape index (κ1) is 57.6. The van der Waals surface area contributed by atoms with E-state index in [0.717, 1.165) is 21.7 Å². The molecule has 1 aliphatic rings. The van der Waals surface area contributed by atoms with Crippen LogP contribution in [0.4, 0.5) is 0 Å². The number of aliphatic carboxylic acids is 1. The smallest absolute Gasteiger partial charge is 0.303 e. The normalized spacial score (nSPS) is 15.5. The Morgan fingerprint density at radius 3 is 1.58 bits per heavy atom. The molecule has 20 nitrogen and oxygen atoms in total. The molecule has 1 saturated heterocycles. The second-order valence-corrected chi connectivity index (χ2v) is 17.4. The number of aromatic nitrogens is 1. The van der Waals surface area contributed by atoms with Gasteiger partial charge in [-0.2, -0.15) is 0 Å². The number of amides is 3. The molecular formula is C46H74N4O16S. The molecule has 1 aromatic carbocycles. The lowest BCUT2D eigenvalue weighted by Gasteiger charge is -2.35. The minimum Gasteiger partial charge on any atom is -0.481 e. The first-order valence-electron chi connectivity index (χ1n) is 22.9. The number of ether oxygens (including phenoxy) is 10. The third-order valence-corrected chi connectivity index (χ3v) is 10.9. The third-order valence-electron chi connectivity index (χ3n) is 9.97. The molecule has 3 unspecified atom stereocenters. The molecule has 380 valence electrons. The van der Waals surface area contributed by atoms with Crippen molar-refractivity contribution in [3.63, 3.8) is 0 Å². The maximum atomic E-state index is 13.9. The Balaban J connectivity index is 1.11. The standard InChI is InChI=1S/C46H74N4O16S/c1-35-42(67-34-48-35)37-9-7-36(8-10-37)31-47-44(55)39-30-38(51)32-50(39)45(56)43(46(2,3)4)49-40(52)33-66-29-28-65-27-26-64-25-24-63-23-22-62-21-20-61-19-18-60-17-16-59-15-14-58-13-12-57-11-5-6-41(53)54/h7-10,34,38-39,43,51H,5-6,11-33H2,1-4H3,(H,47,55)(H,49,52)(H,53,54). The predicted molar refractivity (Wildman–Crippen MR) is 247 cm³/mol. The Labute approximate surface area is 398 Å². The molecule has 3 amide bonds. The van der Waals surface area contributed by atoms with Crippen molar-refractivity contribution in [2.45, 2.75) is 71.7 Å². The molecule has 2 heterocycles. The molecule has 3 rings (SSSR count). The number of carbonyl (C=O) groups excluding carboxylic acids is 3. The van der Waals surface area contributed by atoms with Crippen molar-refractivity contribution in [1.82, 2.24) is 20.5 Å². The van der Waals surface area contributed by atoms with Crippen molar-refractivity contribution in [2.75, 3.05) is 139 Å². The van der Waals surface area contributed by atoms with Gasteiger partial charge in [-0.1, -0.05) is 45.0 Å². The summed E-state index contributed by atoms with van der Waals surface area (Å²) >= 11 is 1.57. The number of rotatable bonds is 39. The average Bonchev–Trinajstić information content (AvgIpc) is 3.92. The van der Waals surface area contributed by atoms with E-state index in [-0.39, 0.29) is 51.7 Å². The fourth-order valence-electron chi connectivity index (χ4n) is 6.45. The summed E-state index contributed by atoms with van der Waals surface area (Å²) < 4.78 is 54.6. The van der Waals surface area contributed by atoms with Crippen LogP contribution in [0.5, 0.6) is 0 Å². The molecule has 4 N–H and O–H groups in total. The van der Waals surface area contributed by atoms with E-state index in [1.54, 1.807) is 11.3 Å². The highest BCUT2D eigenvalue weighted by molar-refractivity contribution is 7.13. The van der Waals surface area contributed by atoms with Crippen LogP contribution in [0.1, 0.15) is 51.3 Å². The van der Waals surface area contributed by atoms with Gasteiger partial charge in [-0.3, -0.25) is 19.2 Å². The van der Waals surface area contributed by atoms with E-state index in [4.69, 9.17) is 52.5 Å². The van der Waals surface area contributed by atoms with Gasteiger partial charge in [0.1, 0.15) is 18.7 Å². The van der Waals surface area contributed by atoms with E-state index < -0.39 is 41.4 Å². The van der Waals surface area contributed by atoms with Crippen molar-refractivity contribution in [2.24, 2.45) is 5.41 Å². The van der Waals surface area contributed by atoms with Crippen molar-refractivity contribution < 1.29 is 76.8 Å². The largest absolute Gasteiger partial charge is 0.481 e. The number of aliphatic hydroxyl groups is 1. The Hall–Kier alpha value is -3.71. The van der Waals surface area contributed by atoms with Crippen LogP contribution in [0.15, 0.2) is 29.8 Å². The van der Waals surface area contributed by atoms with Gasteiger partial charge in [-0.25, -0.2) is 4.98 Å². The number of likely N-dealkylation sites (tertiary alicyclic amines) is 1. The van der Waals surface area contributed by atoms with Crippen molar-refractivity contribution in [3.05, 3.63) is 41.0 Å². The summed E-state index contributed by atoms with van der Waals surface area (Å²) in [6.07, 6.45) is -0.180. The second-order valence-electron chi connectivity index (χ2n) is 16.5. The van der Waals surface area contributed by atoms with Gasteiger partial charge in [0.25, 0.3) is 0 Å². The quantitative estimate of drug-likeness (QED) is 0.0703. The minimum atomic E-state index is -0.963. The zero-order valence-corrected chi connectivity index (χ0v) is 40.5. The van der Waals surface area contributed by atoms with E-state index in [9.17, 15) is 24.3 Å². The van der Waals surface area contributed by atoms with Crippen LogP contribution < -0.4 is 10.6 Å². The lowest BCUT2D eigenvalue weighted by Crippen LogP contribution is -2.58. The predicted octanol–water partition coefficient (Wildman–Crippen LogP) is 2.26. The number of β-amino-alcohol motifs (C(OH)–C–C–N with tert-alkyl or cyclic N) is 1. The third kappa shape index (κ3) is 25.5. The number of carboxylic acids is 1. The lowest BCUT2D eigenvalue weighted by molar-refractivity contribution is -0.144. The van der Waals surface area contributed by atoms with Crippen molar-refractivity contribution in [3.8, 4) is 10.4 Å². The highest BCUT2D eigenvalue weighted by atomic mass is 32.1. The molecule has 21 heteroatoms. The molecule has 2 aromatic rings. The van der Waals surface area contributed by atoms with Gasteiger partial charge in [0.05, 0.1) is 141 Å². The van der Waals surface area contributed by atoms with Gasteiger partial charge < -0.3 is 73.1 Å². The van der Waals surface area contributed by atoms with E-state index >= 15 is 0 Å². The van der Waals surface area contributed by atoms with E-state index in [2.05, 4.69) is 15.6 Å². The zero-order valence-electron chi connectivity index (χ0n) is 39.7. The van der Waals surface area contributed by atoms with Gasteiger partial charge in [0, 0.05) is 32.5 Å². The summed E-state index contributed by atoms with van der Waals surface area (Å²) in [5.74, 6) is -2.13. The lowest BCUT2D eigenvalue weighted by atomic mass is 9.85. The number of aliphatic hydroxyl groups excluding tert-OH is 1. The fourth-order valence-corrected chi connectivity index (χ4v) is 7.26. The number of carboxylic acid groups (broad SMARTS) is 1. The highest BCUT2D eigenvalue weighted by Crippen LogP contribution is 2.28. The second kappa shape index (κ2) is 34.6. The average molecular weight is 971 g/mol. The summed E-state index contributed by atoms with van der Waals surface area (Å²) in [5, 5.41) is 24.8. The number of benzene rings is 1. The summed E-state index contributed by atoms with van der Waals surface area (Å²) in [6, 6.07) is 6.00. The number of nitrogens with one attached hydrogen (secondary N) is 2. The van der Waals surface area contributed by atoms with Crippen LogP contribution in [0.2, 0.25) is 0 Å². The Morgan fingerprint density at radius 2 is 1.16 bits per heavy atom. The number of thiazole rings is 1. The minimum absolute atomic E-state index is 0.0173. The topological polar surface area (TPSA) is 241 Å². The van der Waals surface area contributed by atoms with Gasteiger partial charge in [-0.05, 0) is 29.9 Å². The molecular weight excluding hydrogens is 897 g/mol. The van der Waals surface area contributed by atoms with E-state index in [0.29, 0.717) is 119 Å². The summed E-state index contributed by atoms with van der Waals surface area (Å²) in [5.41, 5.74) is 4.01.